The summed E-state index contributed by atoms with van der Waals surface area (Å²) in [5.74, 6) is 0. The van der Waals surface area contributed by atoms with Crippen molar-refractivity contribution in [2.24, 2.45) is 0 Å². The molecule has 0 amide bonds. The van der Waals surface area contributed by atoms with E-state index in [0.29, 0.717) is 0 Å². The van der Waals surface area contributed by atoms with Gasteiger partial charge in [-0.05, 0) is 129 Å². The van der Waals surface area contributed by atoms with Crippen LogP contribution in [0.4, 0.5) is 0 Å². The van der Waals surface area contributed by atoms with Gasteiger partial charge in [-0.2, -0.15) is 0 Å². The topological polar surface area (TPSA) is 13.1 Å². The maximum Gasteiger partial charge on any atom is 0.135 e. The van der Waals surface area contributed by atoms with Crippen LogP contribution >= 0.6 is 0 Å². The van der Waals surface area contributed by atoms with E-state index in [-0.39, 0.29) is 0 Å². The van der Waals surface area contributed by atoms with Crippen molar-refractivity contribution in [1.82, 2.24) is 0 Å². The van der Waals surface area contributed by atoms with Crippen LogP contribution in [0.1, 0.15) is 22.3 Å². The lowest BCUT2D eigenvalue weighted by atomic mass is 9.66. The molecule has 268 valence electrons. The molecule has 1 aliphatic rings. The summed E-state index contributed by atoms with van der Waals surface area (Å²) in [6, 6.07) is 76.7. The molecule has 1 aromatic heterocycles. The normalized spacial score (nSPS) is 13.3. The summed E-state index contributed by atoms with van der Waals surface area (Å²) < 4.78 is 6.33. The van der Waals surface area contributed by atoms with Gasteiger partial charge in [0.1, 0.15) is 11.2 Å². The maximum absolute atomic E-state index is 6.33. The lowest BCUT2D eigenvalue weighted by Gasteiger charge is -2.35. The van der Waals surface area contributed by atoms with Gasteiger partial charge in [0.2, 0.25) is 0 Å². The summed E-state index contributed by atoms with van der Waals surface area (Å²) in [4.78, 5) is 0. The number of para-hydroxylation sites is 1. The van der Waals surface area contributed by atoms with Crippen molar-refractivity contribution in [3.8, 4) is 33.4 Å². The third kappa shape index (κ3) is 4.20. The van der Waals surface area contributed by atoms with Crippen molar-refractivity contribution in [2.75, 3.05) is 0 Å². The Kier molecular flexibility index (Phi) is 6.43. The Morgan fingerprint density at radius 2 is 0.931 bits per heavy atom. The zero-order chi connectivity index (χ0) is 38.0. The van der Waals surface area contributed by atoms with E-state index in [0.717, 1.165) is 21.9 Å². The minimum absolute atomic E-state index is 0.573. The van der Waals surface area contributed by atoms with Crippen molar-refractivity contribution < 1.29 is 4.42 Å². The van der Waals surface area contributed by atoms with Gasteiger partial charge in [-0.3, -0.25) is 0 Å². The van der Waals surface area contributed by atoms with Crippen molar-refractivity contribution in [3.05, 3.63) is 229 Å². The van der Waals surface area contributed by atoms with Crippen LogP contribution in [0.15, 0.2) is 211 Å². The summed E-state index contributed by atoms with van der Waals surface area (Å²) >= 11 is 0. The minimum atomic E-state index is -0.573. The van der Waals surface area contributed by atoms with E-state index in [9.17, 15) is 0 Å². The van der Waals surface area contributed by atoms with Crippen LogP contribution in [0.25, 0.3) is 98.4 Å². The number of rotatable bonds is 4. The second kappa shape index (κ2) is 11.8. The molecule has 0 spiro atoms. The van der Waals surface area contributed by atoms with Gasteiger partial charge in [-0.15, -0.1) is 0 Å². The van der Waals surface area contributed by atoms with Gasteiger partial charge in [0, 0.05) is 10.8 Å². The minimum Gasteiger partial charge on any atom is -0.456 e. The Hall–Kier alpha value is -7.48. The molecule has 0 unspecified atom stereocenters. The Labute approximate surface area is 335 Å². The molecule has 12 aromatic rings. The third-order valence-corrected chi connectivity index (χ3v) is 13.1. The molecule has 58 heavy (non-hydrogen) atoms. The Bertz CT molecular complexity index is 3550. The molecule has 11 aromatic carbocycles. The number of furan rings is 1. The monoisotopic (exact) mass is 734 g/mol. The molecular formula is C57H34O. The van der Waals surface area contributed by atoms with Crippen LogP contribution in [-0.4, -0.2) is 0 Å². The molecule has 0 aliphatic heterocycles. The molecule has 0 fully saturated rings. The van der Waals surface area contributed by atoms with Gasteiger partial charge < -0.3 is 4.42 Å². The second-order valence-electron chi connectivity index (χ2n) is 15.9. The van der Waals surface area contributed by atoms with Crippen LogP contribution in [-0.2, 0) is 5.41 Å². The fourth-order valence-electron chi connectivity index (χ4n) is 10.6. The fraction of sp³-hybridized carbons (Fsp3) is 0.0175. The maximum atomic E-state index is 6.33. The van der Waals surface area contributed by atoms with E-state index in [1.165, 1.54) is 98.7 Å². The van der Waals surface area contributed by atoms with E-state index in [1.54, 1.807) is 0 Å². The van der Waals surface area contributed by atoms with Gasteiger partial charge >= 0.3 is 0 Å². The Morgan fingerprint density at radius 3 is 1.74 bits per heavy atom. The van der Waals surface area contributed by atoms with Crippen LogP contribution in [0.3, 0.4) is 0 Å². The highest BCUT2D eigenvalue weighted by atomic mass is 16.3. The van der Waals surface area contributed by atoms with Crippen LogP contribution < -0.4 is 0 Å². The standard InChI is InChI=1S/C57H34O/c1-3-14-41(15-4-1)57(42-16-5-2-6-17-42)50-20-9-7-19-46(50)55-47(39-28-31-52-49(34-39)44-18-8-10-21-51(44)58-52)32-40-25-24-38(33-48(40)56(55)57)43-29-26-37-23-22-35-12-11-13-36-27-30-45(43)54(37)53(35)36/h1-34H. The quantitative estimate of drug-likeness (QED) is 0.164. The molecule has 0 saturated heterocycles. The first-order valence-electron chi connectivity index (χ1n) is 20.2. The lowest BCUT2D eigenvalue weighted by molar-refractivity contribution is 0.669. The molecule has 1 heteroatoms. The van der Waals surface area contributed by atoms with Gasteiger partial charge in [0.05, 0.1) is 5.41 Å². The van der Waals surface area contributed by atoms with Crippen LogP contribution in [0.2, 0.25) is 0 Å². The molecule has 1 aliphatic carbocycles. The van der Waals surface area contributed by atoms with E-state index < -0.39 is 5.41 Å². The van der Waals surface area contributed by atoms with Crippen LogP contribution in [0.5, 0.6) is 0 Å². The zero-order valence-electron chi connectivity index (χ0n) is 31.5. The fourth-order valence-corrected chi connectivity index (χ4v) is 10.6. The Morgan fingerprint density at radius 1 is 0.328 bits per heavy atom. The highest BCUT2D eigenvalue weighted by Gasteiger charge is 2.48. The number of hydrogen-bond donors (Lipinski definition) is 0. The van der Waals surface area contributed by atoms with Gasteiger partial charge in [-0.25, -0.2) is 0 Å². The van der Waals surface area contributed by atoms with Crippen molar-refractivity contribution in [3.63, 3.8) is 0 Å². The van der Waals surface area contributed by atoms with Crippen molar-refractivity contribution in [2.45, 2.75) is 5.41 Å². The largest absolute Gasteiger partial charge is 0.456 e. The highest BCUT2D eigenvalue weighted by molar-refractivity contribution is 6.25. The summed E-state index contributed by atoms with van der Waals surface area (Å²) in [6.45, 7) is 0. The van der Waals surface area contributed by atoms with Crippen molar-refractivity contribution in [1.29, 1.82) is 0 Å². The Balaban J connectivity index is 1.18. The van der Waals surface area contributed by atoms with Gasteiger partial charge in [0.15, 0.2) is 0 Å². The zero-order valence-corrected chi connectivity index (χ0v) is 31.5. The van der Waals surface area contributed by atoms with Gasteiger partial charge in [-0.1, -0.05) is 176 Å². The highest BCUT2D eigenvalue weighted by Crippen LogP contribution is 2.61. The predicted molar refractivity (Wildman–Crippen MR) is 243 cm³/mol. The van der Waals surface area contributed by atoms with E-state index in [2.05, 4.69) is 200 Å². The SMILES string of the molecule is c1ccc(C2(c3ccccc3)c3ccccc3-c3c(-c4ccc5oc6ccccc6c5c4)cc4ccc(-c5ccc6ccc7cccc8ccc5c6c78)cc4c32)cc1. The average Bonchev–Trinajstić information content (AvgIpc) is 3.83. The number of benzene rings is 11. The molecule has 0 atom stereocenters. The molecule has 0 saturated carbocycles. The van der Waals surface area contributed by atoms with E-state index in [4.69, 9.17) is 4.42 Å². The molecule has 1 heterocycles. The van der Waals surface area contributed by atoms with Crippen LogP contribution in [0, 0.1) is 0 Å². The molecular weight excluding hydrogens is 701 g/mol. The first-order valence-corrected chi connectivity index (χ1v) is 20.2. The van der Waals surface area contributed by atoms with Gasteiger partial charge in [0.25, 0.3) is 0 Å². The van der Waals surface area contributed by atoms with Crippen molar-refractivity contribution >= 4 is 65.0 Å². The number of hydrogen-bond acceptors (Lipinski definition) is 1. The summed E-state index contributed by atoms with van der Waals surface area (Å²) in [5.41, 5.74) is 13.8. The molecule has 0 radical (unpaired) electrons. The van der Waals surface area contributed by atoms with E-state index >= 15 is 0 Å². The summed E-state index contributed by atoms with van der Waals surface area (Å²) in [7, 11) is 0. The molecule has 1 nitrogen and oxygen atoms in total. The first-order chi connectivity index (χ1) is 28.8. The van der Waals surface area contributed by atoms with E-state index in [1.807, 2.05) is 6.07 Å². The first kappa shape index (κ1) is 31.7. The molecule has 0 bridgehead atoms. The number of fused-ring (bicyclic) bond motifs is 8. The predicted octanol–water partition coefficient (Wildman–Crippen LogP) is 15.3. The summed E-state index contributed by atoms with van der Waals surface area (Å²) in [5, 5.41) is 12.6. The third-order valence-electron chi connectivity index (χ3n) is 13.1. The average molecular weight is 735 g/mol. The smallest absolute Gasteiger partial charge is 0.135 e. The lowest BCUT2D eigenvalue weighted by Crippen LogP contribution is -2.28. The molecule has 0 N–H and O–H groups in total. The molecule has 13 rings (SSSR count). The summed E-state index contributed by atoms with van der Waals surface area (Å²) in [6.07, 6.45) is 0. The second-order valence-corrected chi connectivity index (χ2v) is 15.9.